The molecule has 0 fully saturated rings. The standard InChI is InChI=1S/C13H18N2O2S3/c1-9-4-5-18-11(9)8-15-20(16,17)13-6-10(2)12(19-13)7-14-3/h4-6,14-15H,7-8H2,1-3H3. The van der Waals surface area contributed by atoms with E-state index in [0.717, 1.165) is 20.9 Å². The average Bonchev–Trinajstić information content (AvgIpc) is 2.95. The van der Waals surface area contributed by atoms with E-state index in [1.165, 1.54) is 11.3 Å². The van der Waals surface area contributed by atoms with Gasteiger partial charge in [-0.25, -0.2) is 13.1 Å². The molecule has 0 aromatic carbocycles. The molecule has 0 bridgehead atoms. The van der Waals surface area contributed by atoms with Crippen LogP contribution in [0.5, 0.6) is 0 Å². The molecule has 0 saturated heterocycles. The van der Waals surface area contributed by atoms with Gasteiger partial charge in [-0.2, -0.15) is 0 Å². The van der Waals surface area contributed by atoms with Gasteiger partial charge in [0, 0.05) is 22.8 Å². The molecule has 2 aromatic rings. The van der Waals surface area contributed by atoms with Crippen molar-refractivity contribution in [2.75, 3.05) is 7.05 Å². The van der Waals surface area contributed by atoms with Crippen LogP contribution in [-0.2, 0) is 23.1 Å². The zero-order chi connectivity index (χ0) is 14.8. The largest absolute Gasteiger partial charge is 0.315 e. The summed E-state index contributed by atoms with van der Waals surface area (Å²) in [5.74, 6) is 0. The van der Waals surface area contributed by atoms with Gasteiger partial charge in [0.25, 0.3) is 0 Å². The van der Waals surface area contributed by atoms with Crippen LogP contribution in [0.3, 0.4) is 0 Å². The van der Waals surface area contributed by atoms with E-state index in [1.54, 1.807) is 17.4 Å². The highest BCUT2D eigenvalue weighted by molar-refractivity contribution is 7.91. The SMILES string of the molecule is CNCc1sc(S(=O)(=O)NCc2sccc2C)cc1C. The minimum atomic E-state index is -3.43. The van der Waals surface area contributed by atoms with E-state index in [-0.39, 0.29) is 0 Å². The fourth-order valence-electron chi connectivity index (χ4n) is 1.77. The lowest BCUT2D eigenvalue weighted by Crippen LogP contribution is -2.22. The number of rotatable bonds is 6. The Morgan fingerprint density at radius 1 is 1.15 bits per heavy atom. The summed E-state index contributed by atoms with van der Waals surface area (Å²) in [5.41, 5.74) is 2.13. The molecule has 0 aliphatic rings. The lowest BCUT2D eigenvalue weighted by molar-refractivity contribution is 0.584. The van der Waals surface area contributed by atoms with E-state index in [9.17, 15) is 8.42 Å². The van der Waals surface area contributed by atoms with Crippen molar-refractivity contribution in [3.05, 3.63) is 38.4 Å². The highest BCUT2D eigenvalue weighted by atomic mass is 32.2. The summed E-state index contributed by atoms with van der Waals surface area (Å²) < 4.78 is 27.6. The van der Waals surface area contributed by atoms with Crippen LogP contribution >= 0.6 is 22.7 Å². The van der Waals surface area contributed by atoms with Crippen LogP contribution in [-0.4, -0.2) is 15.5 Å². The van der Waals surface area contributed by atoms with E-state index in [2.05, 4.69) is 10.0 Å². The average molecular weight is 331 g/mol. The smallest absolute Gasteiger partial charge is 0.250 e. The molecule has 110 valence electrons. The third-order valence-electron chi connectivity index (χ3n) is 2.99. The molecular formula is C13H18N2O2S3. The first-order valence-electron chi connectivity index (χ1n) is 6.20. The molecule has 20 heavy (non-hydrogen) atoms. The zero-order valence-corrected chi connectivity index (χ0v) is 14.1. The first kappa shape index (κ1) is 15.7. The Morgan fingerprint density at radius 3 is 2.50 bits per heavy atom. The van der Waals surface area contributed by atoms with Crippen LogP contribution in [0.1, 0.15) is 20.9 Å². The molecule has 0 atom stereocenters. The van der Waals surface area contributed by atoms with Crippen LogP contribution in [0, 0.1) is 13.8 Å². The molecule has 2 N–H and O–H groups in total. The molecule has 2 heterocycles. The van der Waals surface area contributed by atoms with Crippen molar-refractivity contribution in [3.8, 4) is 0 Å². The van der Waals surface area contributed by atoms with Gasteiger partial charge >= 0.3 is 0 Å². The van der Waals surface area contributed by atoms with Crippen molar-refractivity contribution in [2.24, 2.45) is 0 Å². The normalized spacial score (nSPS) is 11.9. The van der Waals surface area contributed by atoms with Crippen LogP contribution in [0.2, 0.25) is 0 Å². The van der Waals surface area contributed by atoms with E-state index in [1.807, 2.05) is 32.3 Å². The molecule has 0 spiro atoms. The van der Waals surface area contributed by atoms with Crippen molar-refractivity contribution in [1.29, 1.82) is 0 Å². The maximum atomic E-state index is 12.3. The molecule has 0 amide bonds. The highest BCUT2D eigenvalue weighted by Gasteiger charge is 2.19. The lowest BCUT2D eigenvalue weighted by atomic mass is 10.3. The van der Waals surface area contributed by atoms with E-state index in [4.69, 9.17) is 0 Å². The summed E-state index contributed by atoms with van der Waals surface area (Å²) in [6.07, 6.45) is 0. The molecule has 0 radical (unpaired) electrons. The van der Waals surface area contributed by atoms with E-state index < -0.39 is 10.0 Å². The second-order valence-corrected chi connectivity index (χ2v) is 8.68. The maximum absolute atomic E-state index is 12.3. The highest BCUT2D eigenvalue weighted by Crippen LogP contribution is 2.26. The van der Waals surface area contributed by atoms with Crippen LogP contribution < -0.4 is 10.0 Å². The third-order valence-corrected chi connectivity index (χ3v) is 7.13. The number of sulfonamides is 1. The summed E-state index contributed by atoms with van der Waals surface area (Å²) >= 11 is 2.89. The number of hydrogen-bond acceptors (Lipinski definition) is 5. The van der Waals surface area contributed by atoms with Crippen molar-refractivity contribution >= 4 is 32.7 Å². The summed E-state index contributed by atoms with van der Waals surface area (Å²) in [4.78, 5) is 2.11. The minimum Gasteiger partial charge on any atom is -0.315 e. The molecule has 0 aliphatic heterocycles. The van der Waals surface area contributed by atoms with E-state index in [0.29, 0.717) is 17.3 Å². The number of nitrogens with one attached hydrogen (secondary N) is 2. The first-order valence-corrected chi connectivity index (χ1v) is 9.38. The van der Waals surface area contributed by atoms with Crippen molar-refractivity contribution < 1.29 is 8.42 Å². The molecule has 0 aliphatic carbocycles. The van der Waals surface area contributed by atoms with Gasteiger partial charge < -0.3 is 5.32 Å². The third kappa shape index (κ3) is 3.48. The Hall–Kier alpha value is -0.730. The summed E-state index contributed by atoms with van der Waals surface area (Å²) in [6, 6.07) is 3.73. The fourth-order valence-corrected chi connectivity index (χ4v) is 5.35. The van der Waals surface area contributed by atoms with Crippen molar-refractivity contribution in [2.45, 2.75) is 31.1 Å². The minimum absolute atomic E-state index is 0.351. The Bertz CT molecular complexity index is 686. The summed E-state index contributed by atoms with van der Waals surface area (Å²) in [6.45, 7) is 4.96. The number of hydrogen-bond donors (Lipinski definition) is 2. The Kier molecular flexibility index (Phi) is 4.98. The van der Waals surface area contributed by atoms with Gasteiger partial charge in [0.1, 0.15) is 4.21 Å². The summed E-state index contributed by atoms with van der Waals surface area (Å²) in [5, 5.41) is 5.02. The van der Waals surface area contributed by atoms with Crippen LogP contribution in [0.15, 0.2) is 21.7 Å². The molecule has 0 saturated carbocycles. The first-order chi connectivity index (χ1) is 9.44. The Morgan fingerprint density at radius 2 is 1.90 bits per heavy atom. The molecule has 2 rings (SSSR count). The molecule has 7 heteroatoms. The molecule has 0 unspecified atom stereocenters. The predicted octanol–water partition coefficient (Wildman–Crippen LogP) is 2.62. The quantitative estimate of drug-likeness (QED) is 0.856. The second-order valence-electron chi connectivity index (χ2n) is 4.55. The molecule has 2 aromatic heterocycles. The molecular weight excluding hydrogens is 312 g/mol. The van der Waals surface area contributed by atoms with Gasteiger partial charge in [-0.3, -0.25) is 0 Å². The topological polar surface area (TPSA) is 58.2 Å². The summed E-state index contributed by atoms with van der Waals surface area (Å²) in [7, 11) is -1.57. The monoisotopic (exact) mass is 330 g/mol. The van der Waals surface area contributed by atoms with Gasteiger partial charge in [0.2, 0.25) is 10.0 Å². The number of thiophene rings is 2. The van der Waals surface area contributed by atoms with Gasteiger partial charge in [0.15, 0.2) is 0 Å². The van der Waals surface area contributed by atoms with E-state index >= 15 is 0 Å². The second kappa shape index (κ2) is 6.36. The van der Waals surface area contributed by atoms with Gasteiger partial charge in [-0.15, -0.1) is 22.7 Å². The Balaban J connectivity index is 2.14. The van der Waals surface area contributed by atoms with Gasteiger partial charge in [0.05, 0.1) is 0 Å². The maximum Gasteiger partial charge on any atom is 0.250 e. The van der Waals surface area contributed by atoms with Gasteiger partial charge in [-0.05, 0) is 49.5 Å². The predicted molar refractivity (Wildman–Crippen MR) is 84.9 cm³/mol. The van der Waals surface area contributed by atoms with Crippen molar-refractivity contribution in [1.82, 2.24) is 10.0 Å². The molecule has 4 nitrogen and oxygen atoms in total. The van der Waals surface area contributed by atoms with Crippen LogP contribution in [0.4, 0.5) is 0 Å². The van der Waals surface area contributed by atoms with Crippen LogP contribution in [0.25, 0.3) is 0 Å². The zero-order valence-electron chi connectivity index (χ0n) is 11.7. The lowest BCUT2D eigenvalue weighted by Gasteiger charge is -2.04. The Labute approximate surface area is 127 Å². The number of aryl methyl sites for hydroxylation is 2. The fraction of sp³-hybridized carbons (Fsp3) is 0.385. The van der Waals surface area contributed by atoms with Crippen molar-refractivity contribution in [3.63, 3.8) is 0 Å². The van der Waals surface area contributed by atoms with Gasteiger partial charge in [-0.1, -0.05) is 0 Å².